The number of rotatable bonds is 5. The number of aryl methyl sites for hydroxylation is 1. The van der Waals surface area contributed by atoms with Gasteiger partial charge < -0.3 is 4.74 Å². The molecule has 1 aromatic rings. The number of esters is 1. The summed E-state index contributed by atoms with van der Waals surface area (Å²) in [5.41, 5.74) is 0.428. The van der Waals surface area contributed by atoms with E-state index in [4.69, 9.17) is 4.74 Å². The Morgan fingerprint density at radius 2 is 1.91 bits per heavy atom. The molecule has 1 aliphatic carbocycles. The topological polar surface area (TPSA) is 63.7 Å². The summed E-state index contributed by atoms with van der Waals surface area (Å²) >= 11 is 0. The van der Waals surface area contributed by atoms with Crippen molar-refractivity contribution in [1.82, 2.24) is 4.90 Å². The van der Waals surface area contributed by atoms with Gasteiger partial charge in [-0.15, -0.1) is 0 Å². The molecule has 1 atom stereocenters. The van der Waals surface area contributed by atoms with Crippen LogP contribution in [0.5, 0.6) is 0 Å². The van der Waals surface area contributed by atoms with Gasteiger partial charge >= 0.3 is 5.97 Å². The minimum atomic E-state index is -1.31. The Bertz CT molecular complexity index is 676. The molecule has 3 rings (SSSR count). The lowest BCUT2D eigenvalue weighted by atomic mass is 10.0. The lowest BCUT2D eigenvalue weighted by Crippen LogP contribution is -2.51. The van der Waals surface area contributed by atoms with E-state index in [2.05, 4.69) is 0 Å². The maximum atomic E-state index is 12.3. The second-order valence-corrected chi connectivity index (χ2v) is 5.86. The largest absolute Gasteiger partial charge is 0.434 e. The molecule has 0 radical (unpaired) electrons. The minimum absolute atomic E-state index is 0.282. The van der Waals surface area contributed by atoms with Crippen molar-refractivity contribution < 1.29 is 19.1 Å². The van der Waals surface area contributed by atoms with Crippen molar-refractivity contribution in [2.45, 2.75) is 44.8 Å². The number of benzene rings is 1. The molecule has 120 valence electrons. The van der Waals surface area contributed by atoms with Gasteiger partial charge in [0.15, 0.2) is 0 Å². The number of carbonyl (C=O) groups is 3. The summed E-state index contributed by atoms with van der Waals surface area (Å²) in [6, 6.07) is 7.50. The summed E-state index contributed by atoms with van der Waals surface area (Å²) in [6.07, 6.45) is 5.40. The number of nitrogens with zero attached hydrogens (tertiary/aromatic N) is 1. The maximum absolute atomic E-state index is 12.3. The lowest BCUT2D eigenvalue weighted by Gasteiger charge is -2.37. The van der Waals surface area contributed by atoms with E-state index in [1.165, 1.54) is 12.2 Å². The number of unbranched alkanes of at least 4 members (excludes halogenated alkanes) is 1. The summed E-state index contributed by atoms with van der Waals surface area (Å²) in [5.74, 6) is -1.25. The first-order valence-corrected chi connectivity index (χ1v) is 7.95. The first-order chi connectivity index (χ1) is 11.1. The van der Waals surface area contributed by atoms with Crippen molar-refractivity contribution in [3.05, 3.63) is 47.5 Å². The van der Waals surface area contributed by atoms with E-state index in [0.717, 1.165) is 28.9 Å². The van der Waals surface area contributed by atoms with Crippen LogP contribution in [-0.4, -0.2) is 22.7 Å². The van der Waals surface area contributed by atoms with Crippen LogP contribution in [0.1, 0.15) is 43.7 Å². The highest BCUT2D eigenvalue weighted by Crippen LogP contribution is 2.44. The highest BCUT2D eigenvalue weighted by Gasteiger charge is 2.52. The van der Waals surface area contributed by atoms with Gasteiger partial charge in [0.05, 0.1) is 0 Å². The van der Waals surface area contributed by atoms with Gasteiger partial charge in [-0.25, -0.2) is 4.90 Å². The summed E-state index contributed by atoms with van der Waals surface area (Å²) in [4.78, 5) is 37.8. The number of ether oxygens (including phenoxy) is 1. The van der Waals surface area contributed by atoms with Crippen LogP contribution in [0.3, 0.4) is 0 Å². The van der Waals surface area contributed by atoms with Crippen LogP contribution < -0.4 is 0 Å². The standard InChI is InChI=1S/C18H19NO4/c1-2-3-8-17(22)23-18(19-15(20)9-10-16(19)21)12-11-13-6-4-5-7-14(13)18/h4-7,9-10H,2-3,8,11-12H2,1H3. The normalized spacial score (nSPS) is 22.6. The fraction of sp³-hybridized carbons (Fsp3) is 0.389. The molecule has 1 unspecified atom stereocenters. The van der Waals surface area contributed by atoms with Crippen LogP contribution in [0, 0.1) is 0 Å². The molecule has 1 aliphatic heterocycles. The maximum Gasteiger partial charge on any atom is 0.308 e. The van der Waals surface area contributed by atoms with Gasteiger partial charge in [0.2, 0.25) is 5.72 Å². The molecule has 0 spiro atoms. The zero-order valence-electron chi connectivity index (χ0n) is 13.1. The highest BCUT2D eigenvalue weighted by molar-refractivity contribution is 6.13. The molecule has 1 aromatic carbocycles. The molecule has 0 aromatic heterocycles. The number of hydrogen-bond acceptors (Lipinski definition) is 4. The van der Waals surface area contributed by atoms with Gasteiger partial charge in [-0.3, -0.25) is 14.4 Å². The molecule has 23 heavy (non-hydrogen) atoms. The molecule has 1 heterocycles. The average molecular weight is 313 g/mol. The molecular formula is C18H19NO4. The molecule has 2 aliphatic rings. The molecule has 0 bridgehead atoms. The molecule has 5 nitrogen and oxygen atoms in total. The van der Waals surface area contributed by atoms with Crippen molar-refractivity contribution in [3.8, 4) is 0 Å². The Labute approximate surface area is 134 Å². The minimum Gasteiger partial charge on any atom is -0.434 e. The van der Waals surface area contributed by atoms with Crippen molar-refractivity contribution >= 4 is 17.8 Å². The van der Waals surface area contributed by atoms with Gasteiger partial charge in [-0.05, 0) is 18.4 Å². The monoisotopic (exact) mass is 313 g/mol. The van der Waals surface area contributed by atoms with Crippen molar-refractivity contribution in [3.63, 3.8) is 0 Å². The van der Waals surface area contributed by atoms with Crippen LogP contribution in [0.25, 0.3) is 0 Å². The van der Waals surface area contributed by atoms with Crippen LogP contribution >= 0.6 is 0 Å². The first kappa shape index (κ1) is 15.5. The van der Waals surface area contributed by atoms with Crippen LogP contribution in [-0.2, 0) is 31.3 Å². The van der Waals surface area contributed by atoms with Crippen LogP contribution in [0.4, 0.5) is 0 Å². The number of amides is 2. The Kier molecular flexibility index (Phi) is 4.03. The molecule has 5 heteroatoms. The zero-order valence-corrected chi connectivity index (χ0v) is 13.1. The first-order valence-electron chi connectivity index (χ1n) is 7.95. The van der Waals surface area contributed by atoms with Gasteiger partial charge in [-0.1, -0.05) is 37.6 Å². The Balaban J connectivity index is 2.00. The Morgan fingerprint density at radius 1 is 1.22 bits per heavy atom. The number of imide groups is 1. The summed E-state index contributed by atoms with van der Waals surface area (Å²) in [5, 5.41) is 0. The quantitative estimate of drug-likeness (QED) is 0.619. The molecule has 0 saturated heterocycles. The van der Waals surface area contributed by atoms with Crippen molar-refractivity contribution in [2.75, 3.05) is 0 Å². The second-order valence-electron chi connectivity index (χ2n) is 5.86. The Hall–Kier alpha value is -2.43. The van der Waals surface area contributed by atoms with E-state index in [0.29, 0.717) is 12.8 Å². The molecule has 0 fully saturated rings. The van der Waals surface area contributed by atoms with E-state index in [9.17, 15) is 14.4 Å². The van der Waals surface area contributed by atoms with Gasteiger partial charge in [0.25, 0.3) is 11.8 Å². The summed E-state index contributed by atoms with van der Waals surface area (Å²) in [7, 11) is 0. The molecule has 2 amide bonds. The second kappa shape index (κ2) is 5.99. The van der Waals surface area contributed by atoms with Crippen LogP contribution in [0.15, 0.2) is 36.4 Å². The summed E-state index contributed by atoms with van der Waals surface area (Å²) in [6.45, 7) is 1.99. The predicted molar refractivity (Wildman–Crippen MR) is 83.1 cm³/mol. The van der Waals surface area contributed by atoms with Crippen molar-refractivity contribution in [2.24, 2.45) is 0 Å². The van der Waals surface area contributed by atoms with Gasteiger partial charge in [-0.2, -0.15) is 0 Å². The average Bonchev–Trinajstić information content (AvgIpc) is 3.07. The smallest absolute Gasteiger partial charge is 0.308 e. The third-order valence-corrected chi connectivity index (χ3v) is 4.36. The fourth-order valence-electron chi connectivity index (χ4n) is 3.26. The van der Waals surface area contributed by atoms with Crippen molar-refractivity contribution in [1.29, 1.82) is 0 Å². The highest BCUT2D eigenvalue weighted by atomic mass is 16.6. The number of fused-ring (bicyclic) bond motifs is 1. The van der Waals surface area contributed by atoms with E-state index in [1.807, 2.05) is 31.2 Å². The number of hydrogen-bond donors (Lipinski definition) is 0. The van der Waals surface area contributed by atoms with E-state index >= 15 is 0 Å². The third kappa shape index (κ3) is 2.56. The van der Waals surface area contributed by atoms with Gasteiger partial charge in [0, 0.05) is 30.6 Å². The number of carbonyl (C=O) groups excluding carboxylic acids is 3. The Morgan fingerprint density at radius 3 is 2.61 bits per heavy atom. The predicted octanol–water partition coefficient (Wildman–Crippen LogP) is 2.44. The molecular weight excluding hydrogens is 294 g/mol. The van der Waals surface area contributed by atoms with Crippen LogP contribution in [0.2, 0.25) is 0 Å². The SMILES string of the molecule is CCCCC(=O)OC1(N2C(=O)C=CC2=O)CCc2ccccc21. The van der Waals surface area contributed by atoms with E-state index < -0.39 is 17.5 Å². The zero-order chi connectivity index (χ0) is 16.4. The fourth-order valence-corrected chi connectivity index (χ4v) is 3.26. The molecule has 0 saturated carbocycles. The summed E-state index contributed by atoms with van der Waals surface area (Å²) < 4.78 is 5.76. The molecule has 0 N–H and O–H groups in total. The van der Waals surface area contributed by atoms with E-state index in [-0.39, 0.29) is 12.4 Å². The lowest BCUT2D eigenvalue weighted by molar-refractivity contribution is -0.192. The van der Waals surface area contributed by atoms with Gasteiger partial charge in [0.1, 0.15) is 0 Å². The van der Waals surface area contributed by atoms with E-state index in [1.54, 1.807) is 0 Å². The third-order valence-electron chi connectivity index (χ3n) is 4.36.